The fraction of sp³-hybridized carbons (Fsp3) is 0.933. The minimum absolute atomic E-state index is 0.771. The van der Waals surface area contributed by atoms with Crippen molar-refractivity contribution in [3.63, 3.8) is 0 Å². The lowest BCUT2D eigenvalue weighted by atomic mass is 9.84. The van der Waals surface area contributed by atoms with E-state index in [0.29, 0.717) is 0 Å². The number of carbonyl (C=O) groups is 3. The predicted octanol–water partition coefficient (Wildman–Crippen LogP) is -11.5. The molecule has 6 aliphatic heterocycles. The Morgan fingerprint density at radius 1 is 0.585 bits per heavy atom. The lowest BCUT2D eigenvalue weighted by Crippen LogP contribution is -2.69. The van der Waals surface area contributed by atoms with Gasteiger partial charge in [0, 0.05) is 34.0 Å². The standard InChI is InChI=1S/C45H78N2O33P2/c1-12-15(54)5-45(44(67)68,79-35(12)24(56)16(55)6-48)70-11-21-26(58)31(63)34(66)42(74-21)77-36-18(8-50)72-39(22(28(36)60)46-13(2)52)69-10-20-27(59)32(64)38(43(75-20)80-82(4)81)78-40-23(47-14(3)53)29(61)37(19(9-51)73-40)76-41-33(65)30(62)25(57)17(7-49)71-41/h12,15-43,48-51,54-66H,5-11,81H2,1-4H3,(H,46,52)(H,47,53)(H,67,68)/t12-,15-,16-,17?,18?,19?,20?,21?,22?,23?,24-,25+,26+,27-,28-,29-,30+,31+,32+,33?,34?,35?,36-,37-,38?,39-,40+,41+,42+,43-,45-,82?/m1/s1. The number of aliphatic hydroxyl groups is 17. The molecule has 0 spiro atoms. The maximum atomic E-state index is 12.6. The number of aliphatic hydroxyl groups excluding tert-OH is 17. The molecule has 35 nitrogen and oxygen atoms in total. The van der Waals surface area contributed by atoms with Gasteiger partial charge in [0.2, 0.25) is 11.8 Å². The van der Waals surface area contributed by atoms with Gasteiger partial charge in [0.15, 0.2) is 31.5 Å². The molecule has 37 heteroatoms. The fourth-order valence-corrected chi connectivity index (χ4v) is 11.1. The summed E-state index contributed by atoms with van der Waals surface area (Å²) < 4.78 is 69.7. The average Bonchev–Trinajstić information content (AvgIpc) is 3.57. The third kappa shape index (κ3) is 15.5. The van der Waals surface area contributed by atoms with E-state index in [1.165, 1.54) is 6.92 Å². The van der Waals surface area contributed by atoms with E-state index in [4.69, 9.17) is 56.6 Å². The number of carboxylic acids is 1. The van der Waals surface area contributed by atoms with Crippen LogP contribution in [0.2, 0.25) is 0 Å². The van der Waals surface area contributed by atoms with Gasteiger partial charge < -0.3 is 159 Å². The first kappa shape index (κ1) is 69.2. The molecule has 6 aliphatic rings. The Labute approximate surface area is 470 Å². The molecular formula is C45H78N2O33P2. The van der Waals surface area contributed by atoms with Crippen LogP contribution in [0.15, 0.2) is 0 Å². The number of hydrogen-bond donors (Lipinski definition) is 20. The summed E-state index contributed by atoms with van der Waals surface area (Å²) in [4.78, 5) is 37.7. The van der Waals surface area contributed by atoms with Crippen molar-refractivity contribution in [2.75, 3.05) is 46.3 Å². The summed E-state index contributed by atoms with van der Waals surface area (Å²) in [5.41, 5.74) is 0. The van der Waals surface area contributed by atoms with Crippen molar-refractivity contribution in [1.29, 1.82) is 0 Å². The van der Waals surface area contributed by atoms with Crippen LogP contribution in [0.1, 0.15) is 27.2 Å². The molecule has 0 aromatic heterocycles. The van der Waals surface area contributed by atoms with Crippen LogP contribution in [0.4, 0.5) is 0 Å². The van der Waals surface area contributed by atoms with Crippen molar-refractivity contribution < 1.29 is 163 Å². The van der Waals surface area contributed by atoms with Crippen molar-refractivity contribution in [3.8, 4) is 0 Å². The minimum atomic E-state index is -2.80. The van der Waals surface area contributed by atoms with Gasteiger partial charge in [-0.3, -0.25) is 9.59 Å². The molecule has 0 aromatic rings. The smallest absolute Gasteiger partial charge is 0.364 e. The molecule has 2 amide bonds. The highest BCUT2D eigenvalue weighted by molar-refractivity contribution is 8.10. The number of ether oxygens (including phenoxy) is 11. The van der Waals surface area contributed by atoms with Crippen LogP contribution in [0.5, 0.6) is 0 Å². The van der Waals surface area contributed by atoms with Gasteiger partial charge in [-0.25, -0.2) is 4.79 Å². The van der Waals surface area contributed by atoms with E-state index < -0.39 is 261 Å². The van der Waals surface area contributed by atoms with Crippen molar-refractivity contribution in [2.24, 2.45) is 5.92 Å². The number of rotatable bonds is 23. The summed E-state index contributed by atoms with van der Waals surface area (Å²) in [5.74, 6) is -7.25. The van der Waals surface area contributed by atoms with E-state index >= 15 is 0 Å². The van der Waals surface area contributed by atoms with Gasteiger partial charge in [0.05, 0.1) is 51.8 Å². The molecular weight excluding hydrogens is 1160 g/mol. The van der Waals surface area contributed by atoms with Gasteiger partial charge in [-0.05, 0) is 6.66 Å². The Morgan fingerprint density at radius 2 is 1.02 bits per heavy atom. The van der Waals surface area contributed by atoms with Gasteiger partial charge >= 0.3 is 5.97 Å². The lowest BCUT2D eigenvalue weighted by molar-refractivity contribution is -0.370. The number of amides is 2. The van der Waals surface area contributed by atoms with Gasteiger partial charge in [-0.2, -0.15) is 0 Å². The first-order valence-electron chi connectivity index (χ1n) is 25.9. The van der Waals surface area contributed by atoms with Crippen molar-refractivity contribution in [2.45, 2.75) is 211 Å². The Balaban J connectivity index is 1.15. The van der Waals surface area contributed by atoms with Crippen molar-refractivity contribution >= 4 is 34.5 Å². The highest BCUT2D eigenvalue weighted by Crippen LogP contribution is 2.46. The van der Waals surface area contributed by atoms with Crippen LogP contribution in [0.25, 0.3) is 0 Å². The van der Waals surface area contributed by atoms with Gasteiger partial charge in [-0.15, -0.1) is 0 Å². The molecule has 0 saturated carbocycles. The second-order valence-electron chi connectivity index (χ2n) is 20.7. The lowest BCUT2D eigenvalue weighted by Gasteiger charge is -2.49. The summed E-state index contributed by atoms with van der Waals surface area (Å²) in [6, 6.07) is -3.31. The first-order chi connectivity index (χ1) is 38.5. The van der Waals surface area contributed by atoms with E-state index in [1.807, 2.05) is 0 Å². The van der Waals surface area contributed by atoms with Crippen LogP contribution in [0.3, 0.4) is 0 Å². The number of aliphatic carboxylic acids is 1. The number of hydrogen-bond acceptors (Lipinski definition) is 32. The van der Waals surface area contributed by atoms with Crippen molar-refractivity contribution in [1.82, 2.24) is 10.6 Å². The molecule has 6 saturated heterocycles. The Morgan fingerprint density at radius 3 is 1.51 bits per heavy atom. The van der Waals surface area contributed by atoms with Crippen LogP contribution in [-0.2, 0) is 71.0 Å². The van der Waals surface area contributed by atoms with Gasteiger partial charge in [0.1, 0.15) is 134 Å². The molecule has 33 atom stereocenters. The molecule has 0 bridgehead atoms. The molecule has 0 aliphatic carbocycles. The van der Waals surface area contributed by atoms with E-state index in [1.54, 1.807) is 6.66 Å². The summed E-state index contributed by atoms with van der Waals surface area (Å²) in [5, 5.41) is 197. The molecule has 0 radical (unpaired) electrons. The molecule has 6 heterocycles. The second-order valence-corrected chi connectivity index (χ2v) is 24.2. The van der Waals surface area contributed by atoms with E-state index in [9.17, 15) is 106 Å². The third-order valence-corrected chi connectivity index (χ3v) is 15.7. The molecule has 0 aromatic carbocycles. The van der Waals surface area contributed by atoms with Crippen LogP contribution in [-0.4, -0.2) is 340 Å². The Kier molecular flexibility index (Phi) is 25.2. The SMILES string of the molecule is CC(=O)NC1[C@H](OCC2O[C@H](OP(C)P)C(O[C@@H]3OC(CO)[C@@H](O[C@@H]4OC(CO)[C@H](O)[C@H](O)C4O)[C@H](O)C3NC(C)=O)[C@@H](O)[C@@H]2O)OC(CO)[C@@H](O[C@@H]2OC(CO[C@]3(C(=O)O)C[C@@H](O)[C@@H](C)C([C@H](O)[C@H](O)CO)O3)[C@H](O)[C@H](O)C2O)[C@@H]1O. The van der Waals surface area contributed by atoms with Crippen LogP contribution < -0.4 is 10.6 Å². The maximum absolute atomic E-state index is 12.6. The van der Waals surface area contributed by atoms with Gasteiger partial charge in [-0.1, -0.05) is 15.9 Å². The quantitative estimate of drug-likeness (QED) is 0.0423. The zero-order valence-electron chi connectivity index (χ0n) is 44.5. The highest BCUT2D eigenvalue weighted by atomic mass is 32.0. The molecule has 13 unspecified atom stereocenters. The fourth-order valence-electron chi connectivity index (χ4n) is 10.2. The Hall–Kier alpha value is -1.89. The topological polar surface area (TPSA) is 550 Å². The summed E-state index contributed by atoms with van der Waals surface area (Å²) in [7, 11) is 0.835. The van der Waals surface area contributed by atoms with Gasteiger partial charge in [0.25, 0.3) is 5.79 Å². The molecule has 6 fully saturated rings. The molecule has 82 heavy (non-hydrogen) atoms. The normalized spacial score (nSPS) is 46.8. The molecule has 6 rings (SSSR count). The Bertz CT molecular complexity index is 2050. The van der Waals surface area contributed by atoms with Crippen LogP contribution in [0, 0.1) is 5.92 Å². The number of carboxylic acid groups (broad SMARTS) is 1. The minimum Gasteiger partial charge on any atom is -0.477 e. The molecule has 476 valence electrons. The number of nitrogens with one attached hydrogen (secondary N) is 2. The van der Waals surface area contributed by atoms with E-state index in [-0.39, 0.29) is 0 Å². The number of carbonyl (C=O) groups excluding carboxylic acids is 2. The van der Waals surface area contributed by atoms with Crippen LogP contribution >= 0.6 is 16.8 Å². The molecule has 20 N–H and O–H groups in total. The first-order valence-corrected chi connectivity index (χ1v) is 29.3. The third-order valence-electron chi connectivity index (χ3n) is 14.8. The summed E-state index contributed by atoms with van der Waals surface area (Å²) in [6.45, 7) is -0.512. The highest BCUT2D eigenvalue weighted by Gasteiger charge is 2.58. The zero-order valence-corrected chi connectivity index (χ0v) is 46.5. The van der Waals surface area contributed by atoms with E-state index in [0.717, 1.165) is 13.8 Å². The summed E-state index contributed by atoms with van der Waals surface area (Å²) >= 11 is 0. The predicted molar refractivity (Wildman–Crippen MR) is 264 cm³/mol. The average molecular weight is 1240 g/mol. The monoisotopic (exact) mass is 1240 g/mol. The maximum Gasteiger partial charge on any atom is 0.364 e. The zero-order chi connectivity index (χ0) is 61.0. The largest absolute Gasteiger partial charge is 0.477 e. The summed E-state index contributed by atoms with van der Waals surface area (Å²) in [6.07, 6.45) is -50.3. The van der Waals surface area contributed by atoms with Crippen molar-refractivity contribution in [3.05, 3.63) is 0 Å². The van der Waals surface area contributed by atoms with E-state index in [2.05, 4.69) is 19.6 Å². The second kappa shape index (κ2) is 29.9.